The first-order valence-electron chi connectivity index (χ1n) is 5.72. The highest BCUT2D eigenvalue weighted by Gasteiger charge is 2.53. The van der Waals surface area contributed by atoms with Gasteiger partial charge in [0, 0.05) is 10.6 Å². The van der Waals surface area contributed by atoms with Gasteiger partial charge in [0.25, 0.3) is 0 Å². The lowest BCUT2D eigenvalue weighted by atomic mass is 9.91. The van der Waals surface area contributed by atoms with Crippen LogP contribution in [0.1, 0.15) is 15.9 Å². The van der Waals surface area contributed by atoms with E-state index < -0.39 is 5.60 Å². The van der Waals surface area contributed by atoms with E-state index in [1.54, 1.807) is 12.1 Å². The molecule has 3 heteroatoms. The predicted molar refractivity (Wildman–Crippen MR) is 69.9 cm³/mol. The van der Waals surface area contributed by atoms with Crippen LogP contribution in [0, 0.1) is 0 Å². The standard InChI is InChI=1S/C15H11ClO2/c16-13-8-6-12(7-9-13)15(10-18-15)14(17)11-4-2-1-3-5-11/h1-9H,10H2. The SMILES string of the molecule is O=C(c1ccccc1)C1(c2ccc(Cl)cc2)CO1. The van der Waals surface area contributed by atoms with Crippen LogP contribution in [-0.4, -0.2) is 12.4 Å². The summed E-state index contributed by atoms with van der Waals surface area (Å²) in [5.74, 6) is 0.00502. The van der Waals surface area contributed by atoms with Gasteiger partial charge in [-0.15, -0.1) is 0 Å². The Labute approximate surface area is 110 Å². The van der Waals surface area contributed by atoms with Gasteiger partial charge in [-0.1, -0.05) is 54.1 Å². The predicted octanol–water partition coefficient (Wildman–Crippen LogP) is 3.45. The van der Waals surface area contributed by atoms with Gasteiger partial charge < -0.3 is 4.74 Å². The molecular weight excluding hydrogens is 248 g/mol. The van der Waals surface area contributed by atoms with Gasteiger partial charge in [-0.05, 0) is 17.7 Å². The van der Waals surface area contributed by atoms with E-state index in [1.807, 2.05) is 42.5 Å². The number of benzene rings is 2. The molecule has 1 heterocycles. The molecule has 3 rings (SSSR count). The van der Waals surface area contributed by atoms with E-state index in [0.29, 0.717) is 17.2 Å². The zero-order valence-corrected chi connectivity index (χ0v) is 10.4. The molecule has 1 aliphatic heterocycles. The molecule has 1 fully saturated rings. The molecule has 1 saturated heterocycles. The summed E-state index contributed by atoms with van der Waals surface area (Å²) in [6, 6.07) is 16.4. The molecule has 0 radical (unpaired) electrons. The third-order valence-corrected chi connectivity index (χ3v) is 3.40. The lowest BCUT2D eigenvalue weighted by Gasteiger charge is -2.11. The molecule has 1 atom stereocenters. The van der Waals surface area contributed by atoms with Crippen LogP contribution in [-0.2, 0) is 10.3 Å². The number of carbonyl (C=O) groups is 1. The fourth-order valence-corrected chi connectivity index (χ4v) is 2.17. The van der Waals surface area contributed by atoms with Crippen molar-refractivity contribution < 1.29 is 9.53 Å². The Kier molecular flexibility index (Phi) is 2.69. The summed E-state index contributed by atoms with van der Waals surface area (Å²) in [6.07, 6.45) is 0. The second kappa shape index (κ2) is 4.23. The van der Waals surface area contributed by atoms with Gasteiger partial charge in [-0.3, -0.25) is 4.79 Å². The summed E-state index contributed by atoms with van der Waals surface area (Å²) in [5, 5.41) is 0.654. The molecule has 0 aromatic heterocycles. The van der Waals surface area contributed by atoms with Crippen molar-refractivity contribution in [1.29, 1.82) is 0 Å². The van der Waals surface area contributed by atoms with Crippen LogP contribution in [0.25, 0.3) is 0 Å². The number of hydrogen-bond acceptors (Lipinski definition) is 2. The van der Waals surface area contributed by atoms with Gasteiger partial charge in [0.1, 0.15) is 0 Å². The number of ketones is 1. The Morgan fingerprint density at radius 3 is 2.22 bits per heavy atom. The van der Waals surface area contributed by atoms with Crippen LogP contribution in [0.4, 0.5) is 0 Å². The van der Waals surface area contributed by atoms with Gasteiger partial charge in [0.2, 0.25) is 5.78 Å². The smallest absolute Gasteiger partial charge is 0.201 e. The number of halogens is 1. The van der Waals surface area contributed by atoms with Crippen LogP contribution in [0.5, 0.6) is 0 Å². The summed E-state index contributed by atoms with van der Waals surface area (Å²) in [6.45, 7) is 0.433. The topological polar surface area (TPSA) is 29.6 Å². The van der Waals surface area contributed by atoms with Gasteiger partial charge in [-0.2, -0.15) is 0 Å². The highest BCUT2D eigenvalue weighted by Crippen LogP contribution is 2.41. The first-order chi connectivity index (χ1) is 8.72. The van der Waals surface area contributed by atoms with E-state index in [0.717, 1.165) is 5.56 Å². The van der Waals surface area contributed by atoms with Crippen molar-refractivity contribution in [2.75, 3.05) is 6.61 Å². The molecule has 0 saturated carbocycles. The van der Waals surface area contributed by atoms with Gasteiger partial charge >= 0.3 is 0 Å². The minimum Gasteiger partial charge on any atom is -0.356 e. The Morgan fingerprint density at radius 2 is 1.67 bits per heavy atom. The van der Waals surface area contributed by atoms with Crippen LogP contribution < -0.4 is 0 Å². The van der Waals surface area contributed by atoms with Crippen LogP contribution in [0.2, 0.25) is 5.02 Å². The average molecular weight is 259 g/mol. The molecule has 2 aromatic rings. The molecule has 90 valence electrons. The van der Waals surface area contributed by atoms with E-state index in [-0.39, 0.29) is 5.78 Å². The van der Waals surface area contributed by atoms with Gasteiger partial charge in [0.05, 0.1) is 6.61 Å². The van der Waals surface area contributed by atoms with Crippen molar-refractivity contribution in [3.63, 3.8) is 0 Å². The van der Waals surface area contributed by atoms with E-state index in [2.05, 4.69) is 0 Å². The molecular formula is C15H11ClO2. The van der Waals surface area contributed by atoms with Crippen molar-refractivity contribution >= 4 is 17.4 Å². The van der Waals surface area contributed by atoms with Crippen LogP contribution >= 0.6 is 11.6 Å². The highest BCUT2D eigenvalue weighted by molar-refractivity contribution is 6.30. The molecule has 0 bridgehead atoms. The maximum Gasteiger partial charge on any atom is 0.201 e. The number of Topliss-reactive ketones (excluding diaryl/α,β-unsaturated/α-hetero) is 1. The maximum absolute atomic E-state index is 12.5. The van der Waals surface area contributed by atoms with Crippen LogP contribution in [0.15, 0.2) is 54.6 Å². The normalized spacial score (nSPS) is 21.6. The van der Waals surface area contributed by atoms with Gasteiger partial charge in [0.15, 0.2) is 5.60 Å². The second-order valence-electron chi connectivity index (χ2n) is 4.32. The van der Waals surface area contributed by atoms with E-state index in [9.17, 15) is 4.79 Å². The first-order valence-corrected chi connectivity index (χ1v) is 6.10. The number of carbonyl (C=O) groups excluding carboxylic acids is 1. The van der Waals surface area contributed by atoms with E-state index in [4.69, 9.17) is 16.3 Å². The highest BCUT2D eigenvalue weighted by atomic mass is 35.5. The molecule has 0 N–H and O–H groups in total. The van der Waals surface area contributed by atoms with Gasteiger partial charge in [-0.25, -0.2) is 0 Å². The number of epoxide rings is 1. The van der Waals surface area contributed by atoms with Crippen LogP contribution in [0.3, 0.4) is 0 Å². The quantitative estimate of drug-likeness (QED) is 0.623. The monoisotopic (exact) mass is 258 g/mol. The maximum atomic E-state index is 12.5. The molecule has 1 unspecified atom stereocenters. The summed E-state index contributed by atoms with van der Waals surface area (Å²) in [4.78, 5) is 12.5. The Bertz CT molecular complexity index is 571. The largest absolute Gasteiger partial charge is 0.356 e. The van der Waals surface area contributed by atoms with Crippen molar-refractivity contribution in [3.05, 3.63) is 70.7 Å². The Balaban J connectivity index is 1.96. The molecule has 2 nitrogen and oxygen atoms in total. The Morgan fingerprint density at radius 1 is 1.06 bits per heavy atom. The third-order valence-electron chi connectivity index (χ3n) is 3.15. The molecule has 0 aliphatic carbocycles. The second-order valence-corrected chi connectivity index (χ2v) is 4.75. The molecule has 0 spiro atoms. The molecule has 18 heavy (non-hydrogen) atoms. The third kappa shape index (κ3) is 1.84. The number of ether oxygens (including phenoxy) is 1. The Hall–Kier alpha value is -1.64. The number of hydrogen-bond donors (Lipinski definition) is 0. The average Bonchev–Trinajstić information content (AvgIpc) is 3.21. The van der Waals surface area contributed by atoms with Crippen molar-refractivity contribution in [2.45, 2.75) is 5.60 Å². The fraction of sp³-hybridized carbons (Fsp3) is 0.133. The molecule has 1 aliphatic rings. The fourth-order valence-electron chi connectivity index (χ4n) is 2.04. The van der Waals surface area contributed by atoms with E-state index >= 15 is 0 Å². The van der Waals surface area contributed by atoms with Crippen molar-refractivity contribution in [2.24, 2.45) is 0 Å². The number of rotatable bonds is 3. The first kappa shape index (κ1) is 11.5. The molecule has 2 aromatic carbocycles. The minimum absolute atomic E-state index is 0.00502. The zero-order chi connectivity index (χ0) is 12.6. The van der Waals surface area contributed by atoms with Crippen molar-refractivity contribution in [3.8, 4) is 0 Å². The summed E-state index contributed by atoms with van der Waals surface area (Å²) in [7, 11) is 0. The lowest BCUT2D eigenvalue weighted by molar-refractivity contribution is 0.0871. The lowest BCUT2D eigenvalue weighted by Crippen LogP contribution is -2.22. The minimum atomic E-state index is -0.800. The van der Waals surface area contributed by atoms with Crippen molar-refractivity contribution in [1.82, 2.24) is 0 Å². The summed E-state index contributed by atoms with van der Waals surface area (Å²) >= 11 is 5.85. The van der Waals surface area contributed by atoms with E-state index in [1.165, 1.54) is 0 Å². The summed E-state index contributed by atoms with van der Waals surface area (Å²) in [5.41, 5.74) is 0.733. The zero-order valence-electron chi connectivity index (χ0n) is 9.60. The summed E-state index contributed by atoms with van der Waals surface area (Å²) < 4.78 is 5.45. The molecule has 0 amide bonds.